The first-order valence-electron chi connectivity index (χ1n) is 6.52. The molecule has 3 N–H and O–H groups in total. The van der Waals surface area contributed by atoms with E-state index in [9.17, 15) is 14.6 Å². The molecule has 2 aromatic carbocycles. The van der Waals surface area contributed by atoms with Gasteiger partial charge in [-0.1, -0.05) is 36.4 Å². The molecule has 0 heterocycles. The molecule has 2 atom stereocenters. The van der Waals surface area contributed by atoms with E-state index < -0.39 is 5.82 Å². The van der Waals surface area contributed by atoms with E-state index in [2.05, 4.69) is 5.32 Å². The molecule has 0 aliphatic heterocycles. The lowest BCUT2D eigenvalue weighted by Gasteiger charge is -2.22. The fourth-order valence-electron chi connectivity index (χ4n) is 2.20. The van der Waals surface area contributed by atoms with E-state index in [0.29, 0.717) is 5.56 Å². The molecule has 20 heavy (non-hydrogen) atoms. The number of aliphatic hydroxyl groups is 1. The van der Waals surface area contributed by atoms with E-state index in [1.54, 1.807) is 6.07 Å². The second-order valence-corrected chi connectivity index (χ2v) is 4.74. The smallest absolute Gasteiger partial charge is 0.131 e. The van der Waals surface area contributed by atoms with Gasteiger partial charge in [-0.3, -0.25) is 0 Å². The van der Waals surface area contributed by atoms with Crippen molar-refractivity contribution in [3.8, 4) is 5.75 Å². The highest BCUT2D eigenvalue weighted by Crippen LogP contribution is 2.24. The number of rotatable bonds is 5. The molecule has 0 spiro atoms. The molecule has 2 unspecified atom stereocenters. The highest BCUT2D eigenvalue weighted by Gasteiger charge is 2.17. The summed E-state index contributed by atoms with van der Waals surface area (Å²) in [5.41, 5.74) is 1.40. The van der Waals surface area contributed by atoms with Crippen LogP contribution >= 0.6 is 0 Å². The largest absolute Gasteiger partial charge is 0.508 e. The fraction of sp³-hybridized carbons (Fsp3) is 0.250. The number of phenolic OH excluding ortho intramolecular Hbond substituents is 1. The summed E-state index contributed by atoms with van der Waals surface area (Å²) in [6.45, 7) is 1.75. The van der Waals surface area contributed by atoms with Crippen LogP contribution in [-0.2, 0) is 0 Å². The van der Waals surface area contributed by atoms with Crippen molar-refractivity contribution in [2.75, 3.05) is 6.61 Å². The van der Waals surface area contributed by atoms with Crippen molar-refractivity contribution in [3.05, 3.63) is 65.5 Å². The van der Waals surface area contributed by atoms with Crippen LogP contribution in [-0.4, -0.2) is 16.8 Å². The van der Waals surface area contributed by atoms with Gasteiger partial charge in [-0.05, 0) is 18.6 Å². The Morgan fingerprint density at radius 2 is 1.85 bits per heavy atom. The first-order chi connectivity index (χ1) is 9.61. The average molecular weight is 275 g/mol. The predicted octanol–water partition coefficient (Wildman–Crippen LogP) is 2.92. The fourth-order valence-corrected chi connectivity index (χ4v) is 2.20. The van der Waals surface area contributed by atoms with Crippen LogP contribution in [0.4, 0.5) is 4.39 Å². The molecule has 106 valence electrons. The second-order valence-electron chi connectivity index (χ2n) is 4.74. The van der Waals surface area contributed by atoms with Crippen LogP contribution in [0.1, 0.15) is 30.1 Å². The number of nitrogens with one attached hydrogen (secondary N) is 1. The molecule has 4 heteroatoms. The zero-order chi connectivity index (χ0) is 14.5. The van der Waals surface area contributed by atoms with E-state index in [-0.39, 0.29) is 24.4 Å². The summed E-state index contributed by atoms with van der Waals surface area (Å²) in [6, 6.07) is 13.0. The Morgan fingerprint density at radius 3 is 2.45 bits per heavy atom. The summed E-state index contributed by atoms with van der Waals surface area (Å²) in [7, 11) is 0. The Morgan fingerprint density at radius 1 is 1.15 bits per heavy atom. The van der Waals surface area contributed by atoms with Crippen LogP contribution in [0, 0.1) is 5.82 Å². The van der Waals surface area contributed by atoms with Crippen molar-refractivity contribution in [2.24, 2.45) is 0 Å². The number of benzene rings is 2. The van der Waals surface area contributed by atoms with Crippen molar-refractivity contribution >= 4 is 0 Å². The molecule has 2 aromatic rings. The van der Waals surface area contributed by atoms with Gasteiger partial charge in [0.2, 0.25) is 0 Å². The normalized spacial score (nSPS) is 13.9. The van der Waals surface area contributed by atoms with E-state index in [4.69, 9.17) is 0 Å². The van der Waals surface area contributed by atoms with Crippen LogP contribution < -0.4 is 5.32 Å². The first kappa shape index (κ1) is 14.5. The predicted molar refractivity (Wildman–Crippen MR) is 75.9 cm³/mol. The van der Waals surface area contributed by atoms with Gasteiger partial charge in [0.25, 0.3) is 0 Å². The molecule has 0 aliphatic carbocycles. The van der Waals surface area contributed by atoms with Gasteiger partial charge in [0.1, 0.15) is 11.6 Å². The van der Waals surface area contributed by atoms with Crippen molar-refractivity contribution in [1.29, 1.82) is 0 Å². The second kappa shape index (κ2) is 6.50. The molecule has 0 radical (unpaired) electrons. The number of halogens is 1. The summed E-state index contributed by atoms with van der Waals surface area (Å²) >= 11 is 0. The molecular weight excluding hydrogens is 257 g/mol. The first-order valence-corrected chi connectivity index (χ1v) is 6.52. The maximum atomic E-state index is 13.8. The third-order valence-electron chi connectivity index (χ3n) is 3.29. The van der Waals surface area contributed by atoms with E-state index in [1.165, 1.54) is 6.07 Å². The molecule has 0 saturated carbocycles. The summed E-state index contributed by atoms with van der Waals surface area (Å²) in [5.74, 6) is -0.560. The van der Waals surface area contributed by atoms with Crippen molar-refractivity contribution < 1.29 is 14.6 Å². The lowest BCUT2D eigenvalue weighted by Crippen LogP contribution is -2.27. The average Bonchev–Trinajstić information content (AvgIpc) is 2.45. The summed E-state index contributed by atoms with van der Waals surface area (Å²) in [6.07, 6.45) is 0. The molecule has 0 bridgehead atoms. The van der Waals surface area contributed by atoms with Gasteiger partial charge in [-0.15, -0.1) is 0 Å². The number of phenols is 1. The maximum absolute atomic E-state index is 13.8. The lowest BCUT2D eigenvalue weighted by molar-refractivity contribution is 0.234. The maximum Gasteiger partial charge on any atom is 0.131 e. The van der Waals surface area contributed by atoms with Gasteiger partial charge in [0, 0.05) is 17.7 Å². The zero-order valence-corrected chi connectivity index (χ0v) is 11.3. The highest BCUT2D eigenvalue weighted by atomic mass is 19.1. The molecule has 3 nitrogen and oxygen atoms in total. The SMILES string of the molecule is CC(NC(CO)c1ccccc1)c1ccc(O)cc1F. The quantitative estimate of drug-likeness (QED) is 0.786. The monoisotopic (exact) mass is 275 g/mol. The summed E-state index contributed by atoms with van der Waals surface area (Å²) < 4.78 is 13.8. The molecule has 0 aromatic heterocycles. The molecule has 0 saturated heterocycles. The topological polar surface area (TPSA) is 52.5 Å². The summed E-state index contributed by atoms with van der Waals surface area (Å²) in [5, 5.41) is 21.9. The minimum absolute atomic E-state index is 0.0753. The highest BCUT2D eigenvalue weighted by molar-refractivity contribution is 5.30. The third kappa shape index (κ3) is 3.35. The van der Waals surface area contributed by atoms with Crippen molar-refractivity contribution in [3.63, 3.8) is 0 Å². The van der Waals surface area contributed by atoms with Gasteiger partial charge in [0.05, 0.1) is 12.6 Å². The molecule has 0 aliphatic rings. The lowest BCUT2D eigenvalue weighted by atomic mass is 10.0. The van der Waals surface area contributed by atoms with Crippen molar-refractivity contribution in [2.45, 2.75) is 19.0 Å². The zero-order valence-electron chi connectivity index (χ0n) is 11.3. The van der Waals surface area contributed by atoms with E-state index >= 15 is 0 Å². The van der Waals surface area contributed by atoms with Crippen LogP contribution in [0.15, 0.2) is 48.5 Å². The Balaban J connectivity index is 2.15. The van der Waals surface area contributed by atoms with Crippen LogP contribution in [0.2, 0.25) is 0 Å². The van der Waals surface area contributed by atoms with Gasteiger partial charge in [-0.25, -0.2) is 4.39 Å². The van der Waals surface area contributed by atoms with Gasteiger partial charge < -0.3 is 15.5 Å². The Labute approximate surface area is 117 Å². The van der Waals surface area contributed by atoms with Crippen molar-refractivity contribution in [1.82, 2.24) is 5.32 Å². The van der Waals surface area contributed by atoms with E-state index in [1.807, 2.05) is 37.3 Å². The van der Waals surface area contributed by atoms with Crippen LogP contribution in [0.25, 0.3) is 0 Å². The molecule has 0 amide bonds. The Hall–Kier alpha value is -1.91. The van der Waals surface area contributed by atoms with Crippen LogP contribution in [0.5, 0.6) is 5.75 Å². The Bertz CT molecular complexity index is 560. The third-order valence-corrected chi connectivity index (χ3v) is 3.29. The van der Waals surface area contributed by atoms with Gasteiger partial charge in [0.15, 0.2) is 0 Å². The Kier molecular flexibility index (Phi) is 4.71. The van der Waals surface area contributed by atoms with Crippen LogP contribution in [0.3, 0.4) is 0 Å². The minimum atomic E-state index is -0.463. The molecule has 2 rings (SSSR count). The number of hydrogen-bond donors (Lipinski definition) is 3. The van der Waals surface area contributed by atoms with E-state index in [0.717, 1.165) is 11.6 Å². The van der Waals surface area contributed by atoms with Gasteiger partial charge in [-0.2, -0.15) is 0 Å². The number of aliphatic hydroxyl groups excluding tert-OH is 1. The molecule has 0 fully saturated rings. The number of aromatic hydroxyl groups is 1. The summed E-state index contributed by atoms with van der Waals surface area (Å²) in [4.78, 5) is 0. The molecular formula is C16H18FNO2. The number of hydrogen-bond acceptors (Lipinski definition) is 3. The van der Waals surface area contributed by atoms with Gasteiger partial charge >= 0.3 is 0 Å². The standard InChI is InChI=1S/C16H18FNO2/c1-11(14-8-7-13(20)9-15(14)17)18-16(10-19)12-5-3-2-4-6-12/h2-9,11,16,18-20H,10H2,1H3. The minimum Gasteiger partial charge on any atom is -0.508 e.